The molecule has 0 radical (unpaired) electrons. The van der Waals surface area contributed by atoms with Crippen LogP contribution in [0.1, 0.15) is 45.0 Å². The number of hydrogen-bond donors (Lipinski definition) is 3. The van der Waals surface area contributed by atoms with Gasteiger partial charge < -0.3 is 10.4 Å². The van der Waals surface area contributed by atoms with E-state index >= 15 is 0 Å². The van der Waals surface area contributed by atoms with E-state index in [1.165, 1.54) is 11.3 Å². The molecule has 0 aromatic carbocycles. The van der Waals surface area contributed by atoms with E-state index in [-0.39, 0.29) is 12.5 Å². The Bertz CT molecular complexity index is 476. The Hall–Kier alpha value is -1.70. The van der Waals surface area contributed by atoms with Crippen LogP contribution < -0.4 is 10.6 Å². The predicted molar refractivity (Wildman–Crippen MR) is 81.6 cm³/mol. The molecule has 3 N–H and O–H groups in total. The minimum absolute atomic E-state index is 0.0873. The molecule has 0 saturated carbocycles. The third-order valence-corrected chi connectivity index (χ3v) is 3.52. The Balaban J connectivity index is 2.51. The zero-order chi connectivity index (χ0) is 15.8. The number of carboxylic acids is 1. The average molecular weight is 314 g/mol. The monoisotopic (exact) mass is 314 g/mol. The van der Waals surface area contributed by atoms with Crippen molar-refractivity contribution in [2.75, 3.05) is 5.32 Å². The van der Waals surface area contributed by atoms with E-state index in [1.54, 1.807) is 0 Å². The van der Waals surface area contributed by atoms with Gasteiger partial charge in [-0.15, -0.1) is 10.2 Å². The minimum Gasteiger partial charge on any atom is -0.481 e. The Labute approximate surface area is 128 Å². The van der Waals surface area contributed by atoms with Gasteiger partial charge in [0.2, 0.25) is 5.13 Å². The molecule has 1 rings (SSSR count). The fourth-order valence-corrected chi connectivity index (χ4v) is 2.79. The van der Waals surface area contributed by atoms with Gasteiger partial charge in [-0.05, 0) is 12.3 Å². The standard InChI is InChI=1S/C13H22N4O3S/c1-4-5-9(7-11(18)19)14-12(20)15-13-17-16-10(21-13)6-8(2)3/h8-9H,4-7H2,1-3H3,(H,18,19)(H2,14,15,17,20). The molecule has 1 aromatic rings. The number of carbonyl (C=O) groups is 2. The highest BCUT2D eigenvalue weighted by Crippen LogP contribution is 2.18. The van der Waals surface area contributed by atoms with Crippen LogP contribution in [0.25, 0.3) is 0 Å². The maximum atomic E-state index is 11.8. The van der Waals surface area contributed by atoms with Gasteiger partial charge >= 0.3 is 12.0 Å². The van der Waals surface area contributed by atoms with Crippen molar-refractivity contribution in [3.05, 3.63) is 5.01 Å². The van der Waals surface area contributed by atoms with Gasteiger partial charge in [-0.1, -0.05) is 38.5 Å². The lowest BCUT2D eigenvalue weighted by molar-refractivity contribution is -0.137. The molecular weight excluding hydrogens is 292 g/mol. The van der Waals surface area contributed by atoms with Crippen molar-refractivity contribution in [3.8, 4) is 0 Å². The number of urea groups is 1. The summed E-state index contributed by atoms with van der Waals surface area (Å²) >= 11 is 1.33. The molecule has 0 bridgehead atoms. The topological polar surface area (TPSA) is 104 Å². The highest BCUT2D eigenvalue weighted by atomic mass is 32.1. The molecule has 0 fully saturated rings. The van der Waals surface area contributed by atoms with Crippen LogP contribution in [0.3, 0.4) is 0 Å². The lowest BCUT2D eigenvalue weighted by Gasteiger charge is -2.15. The van der Waals surface area contributed by atoms with Crippen molar-refractivity contribution < 1.29 is 14.7 Å². The normalized spacial score (nSPS) is 12.2. The molecular formula is C13H22N4O3S. The van der Waals surface area contributed by atoms with Crippen molar-refractivity contribution in [1.82, 2.24) is 15.5 Å². The first-order valence-electron chi connectivity index (χ1n) is 7.02. The second-order valence-electron chi connectivity index (χ2n) is 5.28. The van der Waals surface area contributed by atoms with Gasteiger partial charge in [0.05, 0.1) is 6.42 Å². The summed E-state index contributed by atoms with van der Waals surface area (Å²) in [6, 6.07) is -0.822. The fourth-order valence-electron chi connectivity index (χ4n) is 1.84. The predicted octanol–water partition coefficient (Wildman–Crippen LogP) is 2.50. The molecule has 0 aliphatic carbocycles. The average Bonchev–Trinajstić information content (AvgIpc) is 2.74. The van der Waals surface area contributed by atoms with Crippen LogP contribution >= 0.6 is 11.3 Å². The lowest BCUT2D eigenvalue weighted by Crippen LogP contribution is -2.39. The summed E-state index contributed by atoms with van der Waals surface area (Å²) in [4.78, 5) is 22.6. The zero-order valence-electron chi connectivity index (χ0n) is 12.5. The number of hydrogen-bond acceptors (Lipinski definition) is 5. The van der Waals surface area contributed by atoms with Crippen molar-refractivity contribution in [2.24, 2.45) is 5.92 Å². The number of carboxylic acid groups (broad SMARTS) is 1. The summed E-state index contributed by atoms with van der Waals surface area (Å²) < 4.78 is 0. The third-order valence-electron chi connectivity index (χ3n) is 2.66. The van der Waals surface area contributed by atoms with E-state index < -0.39 is 12.0 Å². The molecule has 0 saturated heterocycles. The molecule has 8 heteroatoms. The number of amides is 2. The van der Waals surface area contributed by atoms with Gasteiger partial charge in [0.15, 0.2) is 0 Å². The molecule has 118 valence electrons. The van der Waals surface area contributed by atoms with E-state index in [0.29, 0.717) is 17.5 Å². The highest BCUT2D eigenvalue weighted by Gasteiger charge is 2.16. The van der Waals surface area contributed by atoms with Gasteiger partial charge in [0.25, 0.3) is 0 Å². The molecule has 0 spiro atoms. The molecule has 7 nitrogen and oxygen atoms in total. The van der Waals surface area contributed by atoms with Crippen LogP contribution in [0.5, 0.6) is 0 Å². The van der Waals surface area contributed by atoms with Crippen molar-refractivity contribution >= 4 is 28.5 Å². The van der Waals surface area contributed by atoms with Crippen molar-refractivity contribution in [2.45, 2.75) is 52.5 Å². The quantitative estimate of drug-likeness (QED) is 0.684. The first-order valence-corrected chi connectivity index (χ1v) is 7.84. The molecule has 0 aliphatic rings. The molecule has 21 heavy (non-hydrogen) atoms. The summed E-state index contributed by atoms with van der Waals surface area (Å²) in [6.45, 7) is 6.11. The number of nitrogens with one attached hydrogen (secondary N) is 2. The van der Waals surface area contributed by atoms with Gasteiger partial charge in [-0.2, -0.15) is 0 Å². The molecule has 1 aromatic heterocycles. The van der Waals surface area contributed by atoms with Gasteiger partial charge in [-0.3, -0.25) is 10.1 Å². The number of nitrogens with zero attached hydrogens (tertiary/aromatic N) is 2. The first-order chi connectivity index (χ1) is 9.90. The summed E-state index contributed by atoms with van der Waals surface area (Å²) in [5, 5.41) is 23.3. The maximum Gasteiger partial charge on any atom is 0.321 e. The molecule has 0 aliphatic heterocycles. The second-order valence-corrected chi connectivity index (χ2v) is 6.34. The Morgan fingerprint density at radius 2 is 2.05 bits per heavy atom. The van der Waals surface area contributed by atoms with Gasteiger partial charge in [0.1, 0.15) is 5.01 Å². The zero-order valence-corrected chi connectivity index (χ0v) is 13.4. The number of carbonyl (C=O) groups excluding carboxylic acids is 1. The van der Waals surface area contributed by atoms with Crippen LogP contribution in [-0.4, -0.2) is 33.3 Å². The Morgan fingerprint density at radius 3 is 2.62 bits per heavy atom. The summed E-state index contributed by atoms with van der Waals surface area (Å²) in [5.74, 6) is -0.451. The Morgan fingerprint density at radius 1 is 1.33 bits per heavy atom. The maximum absolute atomic E-state index is 11.8. The van der Waals surface area contributed by atoms with E-state index in [9.17, 15) is 9.59 Å². The molecule has 1 heterocycles. The lowest BCUT2D eigenvalue weighted by atomic mass is 10.1. The second kappa shape index (κ2) is 8.56. The number of rotatable bonds is 8. The summed E-state index contributed by atoms with van der Waals surface area (Å²) in [7, 11) is 0. The number of anilines is 1. The molecule has 1 unspecified atom stereocenters. The van der Waals surface area contributed by atoms with Gasteiger partial charge in [-0.25, -0.2) is 4.79 Å². The van der Waals surface area contributed by atoms with Crippen LogP contribution in [-0.2, 0) is 11.2 Å². The largest absolute Gasteiger partial charge is 0.481 e. The van der Waals surface area contributed by atoms with E-state index in [1.807, 2.05) is 6.92 Å². The number of aliphatic carboxylic acids is 1. The molecule has 1 atom stereocenters. The van der Waals surface area contributed by atoms with E-state index in [0.717, 1.165) is 17.8 Å². The summed E-state index contributed by atoms with van der Waals surface area (Å²) in [5.41, 5.74) is 0. The van der Waals surface area contributed by atoms with Crippen LogP contribution in [0.4, 0.5) is 9.93 Å². The number of aromatic nitrogens is 2. The van der Waals surface area contributed by atoms with Crippen LogP contribution in [0.2, 0.25) is 0 Å². The first kappa shape index (κ1) is 17.4. The van der Waals surface area contributed by atoms with Crippen LogP contribution in [0, 0.1) is 5.92 Å². The highest BCUT2D eigenvalue weighted by molar-refractivity contribution is 7.15. The summed E-state index contributed by atoms with van der Waals surface area (Å²) in [6.07, 6.45) is 2.15. The van der Waals surface area contributed by atoms with Crippen molar-refractivity contribution in [3.63, 3.8) is 0 Å². The SMILES string of the molecule is CCCC(CC(=O)O)NC(=O)Nc1nnc(CC(C)C)s1. The van der Waals surface area contributed by atoms with E-state index in [2.05, 4.69) is 34.7 Å². The van der Waals surface area contributed by atoms with Gasteiger partial charge in [0, 0.05) is 12.5 Å². The minimum atomic E-state index is -0.927. The van der Waals surface area contributed by atoms with Crippen molar-refractivity contribution in [1.29, 1.82) is 0 Å². The van der Waals surface area contributed by atoms with Crippen LogP contribution in [0.15, 0.2) is 0 Å². The Kier molecular flexibility index (Phi) is 7.07. The van der Waals surface area contributed by atoms with E-state index in [4.69, 9.17) is 5.11 Å². The smallest absolute Gasteiger partial charge is 0.321 e. The molecule has 2 amide bonds. The third kappa shape index (κ3) is 7.03. The fraction of sp³-hybridized carbons (Fsp3) is 0.692.